The van der Waals surface area contributed by atoms with Gasteiger partial charge < -0.3 is 16.8 Å². The fourth-order valence-corrected chi connectivity index (χ4v) is 2.30. The minimum absolute atomic E-state index is 0.0818. The van der Waals surface area contributed by atoms with Crippen LogP contribution in [0, 0.1) is 6.92 Å². The number of hydrogen-bond acceptors (Lipinski definition) is 5. The summed E-state index contributed by atoms with van der Waals surface area (Å²) in [5.74, 6) is -0.561. The highest BCUT2D eigenvalue weighted by molar-refractivity contribution is 7.89. The van der Waals surface area contributed by atoms with Crippen LogP contribution < -0.4 is 21.9 Å². The first-order valence-corrected chi connectivity index (χ1v) is 6.66. The number of carbonyl (C=O) groups is 1. The van der Waals surface area contributed by atoms with Gasteiger partial charge in [-0.15, -0.1) is 0 Å². The van der Waals surface area contributed by atoms with Crippen LogP contribution in [-0.2, 0) is 14.8 Å². The summed E-state index contributed by atoms with van der Waals surface area (Å²) in [6, 6.07) is 2.13. The van der Waals surface area contributed by atoms with Crippen molar-refractivity contribution in [3.63, 3.8) is 0 Å². The highest BCUT2D eigenvalue weighted by Crippen LogP contribution is 2.26. The fraction of sp³-hybridized carbons (Fsp3) is 0.300. The highest BCUT2D eigenvalue weighted by Gasteiger charge is 2.17. The number of carbonyl (C=O) groups excluding carboxylic acids is 1. The lowest BCUT2D eigenvalue weighted by Gasteiger charge is -2.16. The second-order valence-electron chi connectivity index (χ2n) is 4.01. The van der Waals surface area contributed by atoms with Gasteiger partial charge in [-0.25, -0.2) is 13.6 Å². The molecule has 1 aromatic carbocycles. The summed E-state index contributed by atoms with van der Waals surface area (Å²) in [5.41, 5.74) is 11.7. The van der Waals surface area contributed by atoms with Crippen LogP contribution in [0.15, 0.2) is 17.0 Å². The van der Waals surface area contributed by atoms with Crippen molar-refractivity contribution in [3.05, 3.63) is 17.7 Å². The number of hydrogen-bond donors (Lipinski definition) is 4. The lowest BCUT2D eigenvalue weighted by Crippen LogP contribution is -2.32. The average Bonchev–Trinajstić information content (AvgIpc) is 2.21. The number of nitrogen functional groups attached to an aromatic ring is 1. The van der Waals surface area contributed by atoms with Crippen LogP contribution in [0.2, 0.25) is 0 Å². The smallest absolute Gasteiger partial charge is 0.239 e. The maximum atomic E-state index is 11.4. The molecule has 1 amide bonds. The first-order chi connectivity index (χ1) is 8.12. The number of primary amides is 1. The Morgan fingerprint density at radius 2 is 1.94 bits per heavy atom. The molecular weight excluding hydrogens is 256 g/mol. The molecule has 100 valence electrons. The zero-order chi connectivity index (χ0) is 14.1. The van der Waals surface area contributed by atoms with Gasteiger partial charge in [0.05, 0.1) is 4.90 Å². The Bertz CT molecular complexity index is 583. The first-order valence-electron chi connectivity index (χ1n) is 5.11. The second kappa shape index (κ2) is 4.83. The van der Waals surface area contributed by atoms with E-state index in [4.69, 9.17) is 16.6 Å². The quantitative estimate of drug-likeness (QED) is 0.547. The monoisotopic (exact) mass is 272 g/mol. The zero-order valence-electron chi connectivity index (χ0n) is 10.1. The lowest BCUT2D eigenvalue weighted by atomic mass is 10.1. The summed E-state index contributed by atoms with van der Waals surface area (Å²) >= 11 is 0. The van der Waals surface area contributed by atoms with Crippen LogP contribution in [0.3, 0.4) is 0 Å². The molecule has 1 unspecified atom stereocenters. The Hall–Kier alpha value is -1.80. The zero-order valence-corrected chi connectivity index (χ0v) is 10.9. The van der Waals surface area contributed by atoms with Crippen LogP contribution >= 0.6 is 0 Å². The first kappa shape index (κ1) is 14.3. The van der Waals surface area contributed by atoms with Crippen molar-refractivity contribution >= 4 is 27.3 Å². The number of amides is 1. The average molecular weight is 272 g/mol. The van der Waals surface area contributed by atoms with Gasteiger partial charge in [0, 0.05) is 11.4 Å². The fourth-order valence-electron chi connectivity index (χ4n) is 1.46. The molecule has 0 aromatic heterocycles. The number of rotatable bonds is 4. The summed E-state index contributed by atoms with van der Waals surface area (Å²) in [7, 11) is -3.87. The molecule has 0 saturated heterocycles. The molecule has 1 atom stereocenters. The van der Waals surface area contributed by atoms with Crippen molar-refractivity contribution in [3.8, 4) is 0 Å². The van der Waals surface area contributed by atoms with Gasteiger partial charge in [-0.1, -0.05) is 0 Å². The molecule has 7 nitrogen and oxygen atoms in total. The largest absolute Gasteiger partial charge is 0.399 e. The number of benzene rings is 1. The number of anilines is 2. The third kappa shape index (κ3) is 3.11. The highest BCUT2D eigenvalue weighted by atomic mass is 32.2. The molecule has 0 aliphatic carbocycles. The third-order valence-electron chi connectivity index (χ3n) is 2.49. The minimum Gasteiger partial charge on any atom is -0.399 e. The Balaban J connectivity index is 3.30. The molecule has 1 aromatic rings. The molecular formula is C10H16N4O3S. The van der Waals surface area contributed by atoms with Crippen molar-refractivity contribution in [2.45, 2.75) is 24.8 Å². The van der Waals surface area contributed by atoms with E-state index in [-0.39, 0.29) is 10.6 Å². The van der Waals surface area contributed by atoms with Gasteiger partial charge in [0.25, 0.3) is 0 Å². The van der Waals surface area contributed by atoms with Crippen LogP contribution in [0.25, 0.3) is 0 Å². The molecule has 0 fully saturated rings. The summed E-state index contributed by atoms with van der Waals surface area (Å²) in [4.78, 5) is 10.9. The number of primary sulfonamides is 1. The number of nitrogens with two attached hydrogens (primary N) is 3. The molecule has 0 radical (unpaired) electrons. The van der Waals surface area contributed by atoms with Gasteiger partial charge >= 0.3 is 0 Å². The van der Waals surface area contributed by atoms with Gasteiger partial charge in [0.2, 0.25) is 15.9 Å². The summed E-state index contributed by atoms with van der Waals surface area (Å²) in [6.45, 7) is 3.12. The Kier molecular flexibility index (Phi) is 3.82. The molecule has 8 heteroatoms. The maximum Gasteiger partial charge on any atom is 0.239 e. The van der Waals surface area contributed by atoms with Crippen molar-refractivity contribution in [2.24, 2.45) is 10.9 Å². The predicted octanol–water partition coefficient (Wildman–Crippen LogP) is -0.490. The van der Waals surface area contributed by atoms with Crippen molar-refractivity contribution in [1.82, 2.24) is 0 Å². The molecule has 0 aliphatic rings. The second-order valence-corrected chi connectivity index (χ2v) is 5.53. The number of sulfonamides is 1. The molecule has 0 aliphatic heterocycles. The van der Waals surface area contributed by atoms with Crippen molar-refractivity contribution in [1.29, 1.82) is 0 Å². The summed E-state index contributed by atoms with van der Waals surface area (Å²) < 4.78 is 22.8. The lowest BCUT2D eigenvalue weighted by molar-refractivity contribution is -0.118. The molecule has 1 rings (SSSR count). The molecule has 0 spiro atoms. The van der Waals surface area contributed by atoms with E-state index in [0.717, 1.165) is 0 Å². The van der Waals surface area contributed by atoms with E-state index in [2.05, 4.69) is 5.32 Å². The normalized spacial score (nSPS) is 13.1. The topological polar surface area (TPSA) is 141 Å². The van der Waals surface area contributed by atoms with Gasteiger partial charge in [-0.05, 0) is 31.5 Å². The van der Waals surface area contributed by atoms with E-state index in [0.29, 0.717) is 11.3 Å². The van der Waals surface area contributed by atoms with Crippen molar-refractivity contribution in [2.75, 3.05) is 11.1 Å². The summed E-state index contributed by atoms with van der Waals surface area (Å²) in [6.07, 6.45) is 0. The SMILES string of the molecule is Cc1c(NC(C)C(N)=O)cc(N)cc1S(N)(=O)=O. The van der Waals surface area contributed by atoms with E-state index in [1.54, 1.807) is 13.8 Å². The van der Waals surface area contributed by atoms with E-state index in [9.17, 15) is 13.2 Å². The van der Waals surface area contributed by atoms with E-state index in [1.807, 2.05) is 0 Å². The van der Waals surface area contributed by atoms with Crippen LogP contribution in [0.5, 0.6) is 0 Å². The molecule has 7 N–H and O–H groups in total. The van der Waals surface area contributed by atoms with Crippen molar-refractivity contribution < 1.29 is 13.2 Å². The summed E-state index contributed by atoms with van der Waals surface area (Å²) in [5, 5.41) is 7.87. The molecule has 0 bridgehead atoms. The molecule has 0 saturated carbocycles. The molecule has 0 heterocycles. The third-order valence-corrected chi connectivity index (χ3v) is 3.52. The number of nitrogens with one attached hydrogen (secondary N) is 1. The van der Waals surface area contributed by atoms with Crippen LogP contribution in [-0.4, -0.2) is 20.4 Å². The van der Waals surface area contributed by atoms with E-state index < -0.39 is 22.0 Å². The van der Waals surface area contributed by atoms with E-state index in [1.165, 1.54) is 12.1 Å². The van der Waals surface area contributed by atoms with Gasteiger partial charge in [0.15, 0.2) is 0 Å². The Morgan fingerprint density at radius 3 is 2.39 bits per heavy atom. The van der Waals surface area contributed by atoms with Crippen LogP contribution in [0.4, 0.5) is 11.4 Å². The Morgan fingerprint density at radius 1 is 1.39 bits per heavy atom. The maximum absolute atomic E-state index is 11.4. The van der Waals surface area contributed by atoms with Gasteiger partial charge in [-0.3, -0.25) is 4.79 Å². The van der Waals surface area contributed by atoms with E-state index >= 15 is 0 Å². The minimum atomic E-state index is -3.87. The van der Waals surface area contributed by atoms with Gasteiger partial charge in [0.1, 0.15) is 6.04 Å². The Labute approximate surface area is 105 Å². The predicted molar refractivity (Wildman–Crippen MR) is 69.2 cm³/mol. The standard InChI is InChI=1S/C10H16N4O3S/c1-5-8(14-6(2)10(12)15)3-7(11)4-9(5)18(13,16)17/h3-4,6,14H,11H2,1-2H3,(H2,12,15)(H2,13,16,17). The van der Waals surface area contributed by atoms with Crippen LogP contribution in [0.1, 0.15) is 12.5 Å². The molecule has 18 heavy (non-hydrogen) atoms. The van der Waals surface area contributed by atoms with Gasteiger partial charge in [-0.2, -0.15) is 0 Å².